The van der Waals surface area contributed by atoms with Crippen molar-refractivity contribution in [2.75, 3.05) is 0 Å². The van der Waals surface area contributed by atoms with Gasteiger partial charge in [-0.05, 0) is 47.8 Å². The molecule has 4 aromatic carbocycles. The smallest absolute Gasteiger partial charge is 0.0876 e. The van der Waals surface area contributed by atoms with Crippen LogP contribution in [0.25, 0.3) is 64.6 Å². The number of aromatic nitrogens is 4. The van der Waals surface area contributed by atoms with Gasteiger partial charge in [-0.1, -0.05) is 36.4 Å². The van der Waals surface area contributed by atoms with Crippen molar-refractivity contribution in [3.63, 3.8) is 0 Å². The van der Waals surface area contributed by atoms with Gasteiger partial charge in [0.15, 0.2) is 0 Å². The zero-order valence-corrected chi connectivity index (χ0v) is 33.3. The Bertz CT molecular complexity index is 2110. The molecule has 0 N–H and O–H groups in total. The number of rotatable bonds is 4. The molecule has 0 aliphatic heterocycles. The van der Waals surface area contributed by atoms with E-state index >= 15 is 0 Å². The molecule has 0 aliphatic carbocycles. The number of hydrogen-bond donors (Lipinski definition) is 0. The summed E-state index contributed by atoms with van der Waals surface area (Å²) in [5.41, 5.74) is 7.35. The predicted molar refractivity (Wildman–Crippen MR) is 200 cm³/mol. The van der Waals surface area contributed by atoms with E-state index in [9.17, 15) is 0 Å². The SMILES string of the molecule is [Pt+2].[Pt+2].[c-]1cccc2c1[se]c1[c-]cccc12.[c-]1ccccc1-c1cccc(-c2ccccn2)n1.[c-]1ccccc1-c1cccc(-c2ccccn2)n1. The Labute approximate surface area is 333 Å². The fourth-order valence-electron chi connectivity index (χ4n) is 5.13. The molecule has 0 spiro atoms. The monoisotopic (exact) mass is 1080 g/mol. The summed E-state index contributed by atoms with van der Waals surface area (Å²) >= 11 is 0.424. The predicted octanol–water partition coefficient (Wildman–Crippen LogP) is 9.87. The molecule has 0 saturated heterocycles. The second kappa shape index (κ2) is 19.1. The van der Waals surface area contributed by atoms with Gasteiger partial charge in [0, 0.05) is 12.4 Å². The van der Waals surface area contributed by atoms with E-state index in [2.05, 4.69) is 68.5 Å². The van der Waals surface area contributed by atoms with Gasteiger partial charge >= 0.3 is 124 Å². The Morgan fingerprint density at radius 2 is 0.765 bits per heavy atom. The number of fused-ring (bicyclic) bond motifs is 3. The average Bonchev–Trinajstić information content (AvgIpc) is 3.59. The molecular weight excluding hydrogens is 1050 g/mol. The van der Waals surface area contributed by atoms with Gasteiger partial charge in [0.2, 0.25) is 0 Å². The Hall–Kier alpha value is -4.62. The Balaban J connectivity index is 0.000000147. The van der Waals surface area contributed by atoms with E-state index in [4.69, 9.17) is 0 Å². The molecule has 250 valence electrons. The minimum Gasteiger partial charge on any atom is -0.295 e. The normalized spacial score (nSPS) is 10.0. The zero-order valence-electron chi connectivity index (χ0n) is 27.0. The van der Waals surface area contributed by atoms with Crippen LogP contribution in [0.5, 0.6) is 0 Å². The van der Waals surface area contributed by atoms with Gasteiger partial charge in [-0.15, -0.1) is 71.8 Å². The van der Waals surface area contributed by atoms with Crippen LogP contribution in [0.15, 0.2) is 170 Å². The summed E-state index contributed by atoms with van der Waals surface area (Å²) in [5.74, 6) is 0. The minimum absolute atomic E-state index is 0. The van der Waals surface area contributed by atoms with Crippen molar-refractivity contribution in [1.82, 2.24) is 19.9 Å². The van der Waals surface area contributed by atoms with Gasteiger partial charge in [0.05, 0.1) is 22.8 Å². The summed E-state index contributed by atoms with van der Waals surface area (Å²) in [6.45, 7) is 0. The molecule has 51 heavy (non-hydrogen) atoms. The fraction of sp³-hybridized carbons (Fsp3) is 0. The third kappa shape index (κ3) is 9.79. The van der Waals surface area contributed by atoms with Crippen molar-refractivity contribution in [2.45, 2.75) is 0 Å². The standard InChI is InChI=1S/2C16H11N2.C12H6Se.2Pt/c2*1-2-7-13(8-3-1)14-10-6-11-16(18-14)15-9-4-5-12-17-15;1-3-7-11-9(5-1)10-6-2-4-8-12(10)13-11;;/h2*1-7,9-12H;1-6H;;/q2*-1;-2;2*+2. The van der Waals surface area contributed by atoms with Gasteiger partial charge in [0.1, 0.15) is 0 Å². The Kier molecular flexibility index (Phi) is 14.1. The van der Waals surface area contributed by atoms with Crippen LogP contribution in [0.3, 0.4) is 0 Å². The second-order valence-corrected chi connectivity index (χ2v) is 12.9. The van der Waals surface area contributed by atoms with Crippen LogP contribution >= 0.6 is 0 Å². The molecule has 0 unspecified atom stereocenters. The number of nitrogens with zero attached hydrogens (tertiary/aromatic N) is 4. The first-order valence-electron chi connectivity index (χ1n) is 15.7. The van der Waals surface area contributed by atoms with Gasteiger partial charge in [-0.25, -0.2) is 0 Å². The molecule has 0 atom stereocenters. The van der Waals surface area contributed by atoms with E-state index in [1.54, 1.807) is 12.4 Å². The van der Waals surface area contributed by atoms with Crippen LogP contribution in [-0.4, -0.2) is 34.4 Å². The number of benzene rings is 4. The van der Waals surface area contributed by atoms with E-state index in [0.717, 1.165) is 45.3 Å². The molecule has 0 aliphatic rings. The first-order valence-corrected chi connectivity index (χ1v) is 17.4. The van der Waals surface area contributed by atoms with E-state index < -0.39 is 0 Å². The molecule has 0 fully saturated rings. The van der Waals surface area contributed by atoms with Crippen LogP contribution in [0.2, 0.25) is 0 Å². The fourth-order valence-corrected chi connectivity index (χ4v) is 7.30. The van der Waals surface area contributed by atoms with Gasteiger partial charge in [-0.3, -0.25) is 19.9 Å². The number of hydrogen-bond acceptors (Lipinski definition) is 4. The van der Waals surface area contributed by atoms with Crippen LogP contribution in [-0.2, 0) is 42.1 Å². The van der Waals surface area contributed by atoms with E-state index in [1.165, 1.54) is 19.3 Å². The first kappa shape index (κ1) is 37.6. The molecule has 9 rings (SSSR count). The second-order valence-electron chi connectivity index (χ2n) is 10.7. The summed E-state index contributed by atoms with van der Waals surface area (Å²) in [4.78, 5) is 17.9. The van der Waals surface area contributed by atoms with Crippen LogP contribution in [0.1, 0.15) is 0 Å². The Morgan fingerprint density at radius 3 is 1.18 bits per heavy atom. The van der Waals surface area contributed by atoms with Gasteiger partial charge in [0.25, 0.3) is 0 Å². The zero-order chi connectivity index (χ0) is 33.1. The average molecular weight is 1080 g/mol. The van der Waals surface area contributed by atoms with E-state index in [0.29, 0.717) is 14.5 Å². The van der Waals surface area contributed by atoms with E-state index in [1.807, 2.05) is 133 Å². The molecule has 0 saturated carbocycles. The molecule has 0 amide bonds. The summed E-state index contributed by atoms with van der Waals surface area (Å²) in [6.07, 6.45) is 3.55. The third-order valence-corrected chi connectivity index (χ3v) is 9.73. The molecule has 4 nitrogen and oxygen atoms in total. The quantitative estimate of drug-likeness (QED) is 0.130. The topological polar surface area (TPSA) is 51.6 Å². The van der Waals surface area contributed by atoms with Crippen molar-refractivity contribution >= 4 is 33.8 Å². The molecule has 0 bridgehead atoms. The molecule has 5 aromatic heterocycles. The maximum atomic E-state index is 4.62. The maximum Gasteiger partial charge on any atom is 0.0876 e. The van der Waals surface area contributed by atoms with E-state index in [-0.39, 0.29) is 42.1 Å². The molecule has 5 heterocycles. The van der Waals surface area contributed by atoms with Crippen molar-refractivity contribution in [3.8, 4) is 45.3 Å². The third-order valence-electron chi connectivity index (χ3n) is 7.45. The number of pyridine rings is 4. The summed E-state index contributed by atoms with van der Waals surface area (Å²) in [5, 5.41) is 2.71. The maximum absolute atomic E-state index is 4.62. The summed E-state index contributed by atoms with van der Waals surface area (Å²) in [6, 6.07) is 64.6. The largest absolute Gasteiger partial charge is 0.295 e. The molecular formula is C44H28N4Pt2Se. The molecule has 0 radical (unpaired) electrons. The van der Waals surface area contributed by atoms with Crippen LogP contribution in [0, 0.1) is 24.3 Å². The van der Waals surface area contributed by atoms with Crippen LogP contribution in [0.4, 0.5) is 0 Å². The van der Waals surface area contributed by atoms with Crippen molar-refractivity contribution in [1.29, 1.82) is 0 Å². The van der Waals surface area contributed by atoms with Crippen LogP contribution < -0.4 is 0 Å². The minimum atomic E-state index is 0. The molecule has 7 heteroatoms. The Morgan fingerprint density at radius 1 is 0.353 bits per heavy atom. The summed E-state index contributed by atoms with van der Waals surface area (Å²) < 4.78 is 2.74. The first-order chi connectivity index (χ1) is 24.3. The van der Waals surface area contributed by atoms with Crippen molar-refractivity contribution < 1.29 is 42.1 Å². The summed E-state index contributed by atoms with van der Waals surface area (Å²) in [7, 11) is 0. The van der Waals surface area contributed by atoms with Crippen molar-refractivity contribution in [2.24, 2.45) is 0 Å². The molecule has 9 aromatic rings. The van der Waals surface area contributed by atoms with Crippen molar-refractivity contribution in [3.05, 3.63) is 194 Å². The van der Waals surface area contributed by atoms with Gasteiger partial charge in [-0.2, -0.15) is 0 Å². The van der Waals surface area contributed by atoms with Gasteiger partial charge < -0.3 is 0 Å².